The van der Waals surface area contributed by atoms with Crippen molar-refractivity contribution in [2.45, 2.75) is 50.5 Å². The zero-order valence-corrected chi connectivity index (χ0v) is 14.4. The number of hydrogen-bond acceptors (Lipinski definition) is 4. The van der Waals surface area contributed by atoms with Crippen LogP contribution >= 0.6 is 0 Å². The fraction of sp³-hybridized carbons (Fsp3) is 0.471. The van der Waals surface area contributed by atoms with Crippen LogP contribution in [-0.2, 0) is 10.0 Å². The molecule has 2 N–H and O–H groups in total. The van der Waals surface area contributed by atoms with Gasteiger partial charge >= 0.3 is 0 Å². The van der Waals surface area contributed by atoms with E-state index < -0.39 is 21.5 Å². The van der Waals surface area contributed by atoms with Gasteiger partial charge in [0.15, 0.2) is 0 Å². The highest BCUT2D eigenvalue weighted by Gasteiger charge is 2.38. The van der Waals surface area contributed by atoms with Gasteiger partial charge in [0.2, 0.25) is 0 Å². The summed E-state index contributed by atoms with van der Waals surface area (Å²) >= 11 is 0. The third-order valence-electron chi connectivity index (χ3n) is 4.00. The molecule has 2 atom stereocenters. The molecule has 0 aliphatic heterocycles. The molecule has 6 heteroatoms. The minimum absolute atomic E-state index is 0.160. The molecule has 0 spiro atoms. The van der Waals surface area contributed by atoms with E-state index >= 15 is 0 Å². The summed E-state index contributed by atoms with van der Waals surface area (Å²) in [5.74, 6) is 5.28. The third kappa shape index (κ3) is 4.12. The van der Waals surface area contributed by atoms with E-state index in [4.69, 9.17) is 0 Å². The Kier molecular flexibility index (Phi) is 5.12. The van der Waals surface area contributed by atoms with Crippen LogP contribution in [0.3, 0.4) is 0 Å². The second-order valence-electron chi connectivity index (χ2n) is 6.05. The highest BCUT2D eigenvalue weighted by atomic mass is 32.2. The number of benzene rings is 1. The zero-order valence-electron chi connectivity index (χ0n) is 13.6. The van der Waals surface area contributed by atoms with E-state index in [1.165, 1.54) is 12.1 Å². The lowest BCUT2D eigenvalue weighted by Crippen LogP contribution is -2.43. The van der Waals surface area contributed by atoms with Crippen LogP contribution in [-0.4, -0.2) is 24.8 Å². The summed E-state index contributed by atoms with van der Waals surface area (Å²) < 4.78 is 24.6. The van der Waals surface area contributed by atoms with Gasteiger partial charge in [-0.1, -0.05) is 23.6 Å². The average molecular weight is 334 g/mol. The van der Waals surface area contributed by atoms with Crippen molar-refractivity contribution in [3.05, 3.63) is 29.8 Å². The minimum Gasteiger partial charge on any atom is -0.388 e. The highest BCUT2D eigenvalue weighted by molar-refractivity contribution is 7.89. The van der Waals surface area contributed by atoms with E-state index in [2.05, 4.69) is 21.8 Å². The predicted molar refractivity (Wildman–Crippen MR) is 90.4 cm³/mol. The molecule has 1 aliphatic rings. The van der Waals surface area contributed by atoms with Crippen molar-refractivity contribution in [1.82, 2.24) is 4.83 Å². The smallest absolute Gasteiger partial charge is 0.276 e. The lowest BCUT2D eigenvalue weighted by atomic mass is 9.75. The Balaban J connectivity index is 2.26. The quantitative estimate of drug-likeness (QED) is 0.657. The maximum Gasteiger partial charge on any atom is 0.276 e. The third-order valence-corrected chi connectivity index (χ3v) is 5.22. The molecule has 1 aromatic rings. The van der Waals surface area contributed by atoms with E-state index in [1.807, 2.05) is 6.92 Å². The molecule has 0 radical (unpaired) electrons. The van der Waals surface area contributed by atoms with Crippen molar-refractivity contribution in [1.29, 1.82) is 0 Å². The van der Waals surface area contributed by atoms with Gasteiger partial charge in [0.25, 0.3) is 10.0 Å². The van der Waals surface area contributed by atoms with Crippen LogP contribution in [0.1, 0.15) is 38.7 Å². The van der Waals surface area contributed by atoms with Gasteiger partial charge in [-0.05, 0) is 52.2 Å². The molecule has 0 bridgehead atoms. The van der Waals surface area contributed by atoms with Gasteiger partial charge in [-0.25, -0.2) is 4.83 Å². The van der Waals surface area contributed by atoms with Crippen LogP contribution in [0.25, 0.3) is 0 Å². The Bertz CT molecular complexity index is 753. The van der Waals surface area contributed by atoms with Crippen LogP contribution in [0.4, 0.5) is 0 Å². The first-order valence-corrected chi connectivity index (χ1v) is 9.04. The fourth-order valence-electron chi connectivity index (χ4n) is 2.67. The SMILES string of the molecule is CC#C[C@@H]1/C(=N/NS(=O)(=O)c2ccc(C)cc2)CCC[C@]1(C)O. The van der Waals surface area contributed by atoms with Crippen molar-refractivity contribution < 1.29 is 13.5 Å². The van der Waals surface area contributed by atoms with Gasteiger partial charge in [0.05, 0.1) is 22.1 Å². The number of sulfonamides is 1. The molecular formula is C17H22N2O3S. The fourth-order valence-corrected chi connectivity index (χ4v) is 3.50. The van der Waals surface area contributed by atoms with E-state index in [9.17, 15) is 13.5 Å². The van der Waals surface area contributed by atoms with E-state index in [0.29, 0.717) is 18.6 Å². The average Bonchev–Trinajstić information content (AvgIpc) is 2.48. The molecule has 0 saturated heterocycles. The number of rotatable bonds is 3. The molecule has 2 rings (SSSR count). The molecule has 0 amide bonds. The van der Waals surface area contributed by atoms with Crippen LogP contribution in [0.5, 0.6) is 0 Å². The summed E-state index contributed by atoms with van der Waals surface area (Å²) in [5.41, 5.74) is 0.568. The lowest BCUT2D eigenvalue weighted by molar-refractivity contribution is 0.0257. The maximum absolute atomic E-state index is 12.3. The topological polar surface area (TPSA) is 78.8 Å². The van der Waals surface area contributed by atoms with Crippen LogP contribution < -0.4 is 4.83 Å². The first-order chi connectivity index (χ1) is 10.8. The Labute approximate surface area is 137 Å². The Morgan fingerprint density at radius 1 is 1.35 bits per heavy atom. The summed E-state index contributed by atoms with van der Waals surface area (Å²) in [7, 11) is -3.72. The van der Waals surface area contributed by atoms with Crippen molar-refractivity contribution in [2.24, 2.45) is 11.0 Å². The summed E-state index contributed by atoms with van der Waals surface area (Å²) in [6.07, 6.45) is 1.99. The van der Waals surface area contributed by atoms with Gasteiger partial charge in [0.1, 0.15) is 0 Å². The maximum atomic E-state index is 12.3. The zero-order chi connectivity index (χ0) is 17.1. The van der Waals surface area contributed by atoms with E-state index in [0.717, 1.165) is 12.0 Å². The van der Waals surface area contributed by atoms with Crippen molar-refractivity contribution >= 4 is 15.7 Å². The van der Waals surface area contributed by atoms with E-state index in [-0.39, 0.29) is 4.90 Å². The molecule has 1 aromatic carbocycles. The van der Waals surface area contributed by atoms with Crippen LogP contribution in [0.2, 0.25) is 0 Å². The summed E-state index contributed by atoms with van der Waals surface area (Å²) in [5, 5.41) is 14.5. The number of hydrogen-bond donors (Lipinski definition) is 2. The molecule has 23 heavy (non-hydrogen) atoms. The number of aryl methyl sites for hydroxylation is 1. The number of nitrogens with one attached hydrogen (secondary N) is 1. The Morgan fingerprint density at radius 2 is 2.00 bits per heavy atom. The van der Waals surface area contributed by atoms with E-state index in [1.54, 1.807) is 26.0 Å². The number of nitrogens with zero attached hydrogens (tertiary/aromatic N) is 1. The van der Waals surface area contributed by atoms with Crippen LogP contribution in [0, 0.1) is 24.7 Å². The molecule has 5 nitrogen and oxygen atoms in total. The molecular weight excluding hydrogens is 312 g/mol. The first-order valence-electron chi connectivity index (χ1n) is 7.56. The van der Waals surface area contributed by atoms with Crippen molar-refractivity contribution in [3.63, 3.8) is 0 Å². The molecule has 0 heterocycles. The Hall–Kier alpha value is -1.84. The molecule has 0 unspecified atom stereocenters. The molecule has 1 fully saturated rings. The molecule has 1 aliphatic carbocycles. The lowest BCUT2D eigenvalue weighted by Gasteiger charge is -2.34. The summed E-state index contributed by atoms with van der Waals surface area (Å²) in [6, 6.07) is 6.55. The first kappa shape index (κ1) is 17.5. The summed E-state index contributed by atoms with van der Waals surface area (Å²) in [4.78, 5) is 2.43. The second-order valence-corrected chi connectivity index (χ2v) is 7.71. The molecule has 1 saturated carbocycles. The normalized spacial score (nSPS) is 26.4. The van der Waals surface area contributed by atoms with Crippen molar-refractivity contribution in [2.75, 3.05) is 0 Å². The van der Waals surface area contributed by atoms with Gasteiger partial charge in [0, 0.05) is 0 Å². The minimum atomic E-state index is -3.72. The molecule has 124 valence electrons. The monoisotopic (exact) mass is 334 g/mol. The van der Waals surface area contributed by atoms with Crippen molar-refractivity contribution in [3.8, 4) is 11.8 Å². The predicted octanol–water partition coefficient (Wildman–Crippen LogP) is 2.20. The van der Waals surface area contributed by atoms with Crippen LogP contribution in [0.15, 0.2) is 34.3 Å². The van der Waals surface area contributed by atoms with Gasteiger partial charge in [-0.15, -0.1) is 5.92 Å². The Morgan fingerprint density at radius 3 is 2.61 bits per heavy atom. The number of aliphatic hydroxyl groups is 1. The highest BCUT2D eigenvalue weighted by Crippen LogP contribution is 2.31. The standard InChI is InChI=1S/C17H22N2O3S/c1-4-6-15-16(7-5-12-17(15,3)20)18-19-23(21,22)14-10-8-13(2)9-11-14/h8-11,15,19-20H,5,7,12H2,1-3H3/b18-16+/t15-,17+/m1/s1. The summed E-state index contributed by atoms with van der Waals surface area (Å²) in [6.45, 7) is 5.30. The van der Waals surface area contributed by atoms with Gasteiger partial charge < -0.3 is 5.11 Å². The second kappa shape index (κ2) is 6.73. The van der Waals surface area contributed by atoms with Gasteiger partial charge in [-0.2, -0.15) is 13.5 Å². The largest absolute Gasteiger partial charge is 0.388 e. The van der Waals surface area contributed by atoms with Gasteiger partial charge in [-0.3, -0.25) is 0 Å². The molecule has 0 aromatic heterocycles. The number of hydrazone groups is 1.